The Balaban J connectivity index is 0.00000289. The molecule has 1 rings (SSSR count). The topological polar surface area (TPSA) is 58.4 Å². The van der Waals surface area contributed by atoms with Crippen LogP contribution in [0.15, 0.2) is 0 Å². The molecule has 4 nitrogen and oxygen atoms in total. The van der Waals surface area contributed by atoms with Crippen molar-refractivity contribution < 1.29 is 4.79 Å². The van der Waals surface area contributed by atoms with Crippen LogP contribution in [0.3, 0.4) is 0 Å². The molecule has 0 aliphatic carbocycles. The van der Waals surface area contributed by atoms with E-state index in [0.29, 0.717) is 6.04 Å². The highest BCUT2D eigenvalue weighted by molar-refractivity contribution is 7.98. The highest BCUT2D eigenvalue weighted by atomic mass is 35.5. The van der Waals surface area contributed by atoms with E-state index < -0.39 is 0 Å². The molecule has 18 heavy (non-hydrogen) atoms. The van der Waals surface area contributed by atoms with Crippen LogP contribution in [0.25, 0.3) is 0 Å². The molecule has 0 aromatic rings. The average molecular weight is 296 g/mol. The number of nitrogens with zero attached hydrogens (tertiary/aromatic N) is 1. The van der Waals surface area contributed by atoms with Crippen LogP contribution in [0.4, 0.5) is 0 Å². The van der Waals surface area contributed by atoms with E-state index in [4.69, 9.17) is 5.73 Å². The van der Waals surface area contributed by atoms with Crippen LogP contribution in [0.5, 0.6) is 0 Å². The van der Waals surface area contributed by atoms with Crippen molar-refractivity contribution in [3.63, 3.8) is 0 Å². The molecule has 1 saturated heterocycles. The fraction of sp³-hybridized carbons (Fsp3) is 0.917. The minimum Gasteiger partial charge on any atom is -0.353 e. The van der Waals surface area contributed by atoms with E-state index >= 15 is 0 Å². The lowest BCUT2D eigenvalue weighted by molar-refractivity contribution is -0.122. The molecule has 0 radical (unpaired) electrons. The van der Waals surface area contributed by atoms with Crippen molar-refractivity contribution in [2.24, 2.45) is 5.73 Å². The van der Waals surface area contributed by atoms with Gasteiger partial charge in [0.05, 0.1) is 6.04 Å². The molecule has 1 amide bonds. The van der Waals surface area contributed by atoms with Crippen LogP contribution in [-0.2, 0) is 4.79 Å². The number of carbonyl (C=O) groups excluding carboxylic acids is 1. The van der Waals surface area contributed by atoms with Gasteiger partial charge in [-0.3, -0.25) is 9.69 Å². The Morgan fingerprint density at radius 3 is 2.94 bits per heavy atom. The van der Waals surface area contributed by atoms with Gasteiger partial charge in [-0.05, 0) is 44.4 Å². The first kappa shape index (κ1) is 18.0. The molecule has 108 valence electrons. The van der Waals surface area contributed by atoms with Crippen molar-refractivity contribution in [3.8, 4) is 0 Å². The monoisotopic (exact) mass is 295 g/mol. The molecule has 0 saturated carbocycles. The molecule has 3 N–H and O–H groups in total. The first-order valence-corrected chi connectivity index (χ1v) is 7.84. The molecule has 2 atom stereocenters. The average Bonchev–Trinajstić information content (AvgIpc) is 2.80. The van der Waals surface area contributed by atoms with Gasteiger partial charge in [0.15, 0.2) is 0 Å². The van der Waals surface area contributed by atoms with E-state index in [0.717, 1.165) is 31.8 Å². The highest BCUT2D eigenvalue weighted by Gasteiger charge is 2.23. The van der Waals surface area contributed by atoms with E-state index in [2.05, 4.69) is 17.1 Å². The molecule has 1 heterocycles. The number of halogens is 1. The molecule has 6 heteroatoms. The number of rotatable bonds is 7. The number of likely N-dealkylation sites (tertiary alicyclic amines) is 1. The second-order valence-electron chi connectivity index (χ2n) is 4.56. The summed E-state index contributed by atoms with van der Waals surface area (Å²) in [4.78, 5) is 14.2. The van der Waals surface area contributed by atoms with Gasteiger partial charge in [0.2, 0.25) is 5.91 Å². The maximum Gasteiger partial charge on any atom is 0.237 e. The molecule has 1 fully saturated rings. The smallest absolute Gasteiger partial charge is 0.237 e. The largest absolute Gasteiger partial charge is 0.353 e. The number of amides is 1. The second kappa shape index (κ2) is 9.89. The predicted octanol–water partition coefficient (Wildman–Crippen LogP) is 1.09. The Morgan fingerprint density at radius 2 is 2.33 bits per heavy atom. The lowest BCUT2D eigenvalue weighted by Crippen LogP contribution is -2.46. The third-order valence-corrected chi connectivity index (χ3v) is 4.03. The first-order chi connectivity index (χ1) is 8.19. The molecule has 0 aromatic heterocycles. The van der Waals surface area contributed by atoms with Gasteiger partial charge in [-0.1, -0.05) is 6.92 Å². The number of likely N-dealkylation sites (N-methyl/N-ethyl adjacent to an activating group) is 1. The zero-order valence-corrected chi connectivity index (χ0v) is 13.0. The molecule has 1 aliphatic rings. The number of nitrogens with two attached hydrogens (primary N) is 1. The molecular formula is C12H26ClN3OS. The zero-order chi connectivity index (χ0) is 12.7. The third-order valence-electron chi connectivity index (χ3n) is 3.39. The van der Waals surface area contributed by atoms with Crippen LogP contribution in [0.2, 0.25) is 0 Å². The lowest BCUT2D eigenvalue weighted by Gasteiger charge is -2.23. The molecule has 1 unspecified atom stereocenters. The van der Waals surface area contributed by atoms with Crippen molar-refractivity contribution >= 4 is 30.1 Å². The number of carbonyl (C=O) groups is 1. The Labute approximate surface area is 121 Å². The maximum absolute atomic E-state index is 11.7. The number of nitrogens with one attached hydrogen (secondary N) is 1. The van der Waals surface area contributed by atoms with Gasteiger partial charge in [0, 0.05) is 12.6 Å². The normalized spacial score (nSPS) is 21.4. The van der Waals surface area contributed by atoms with Gasteiger partial charge in [-0.2, -0.15) is 11.8 Å². The van der Waals surface area contributed by atoms with Gasteiger partial charge < -0.3 is 11.1 Å². The fourth-order valence-corrected chi connectivity index (χ4v) is 2.76. The van der Waals surface area contributed by atoms with Crippen LogP contribution >= 0.6 is 24.2 Å². The number of thioether (sulfide) groups is 1. The summed E-state index contributed by atoms with van der Waals surface area (Å²) in [6, 6.07) is 0.163. The van der Waals surface area contributed by atoms with Gasteiger partial charge in [0.25, 0.3) is 0 Å². The molecule has 0 aromatic carbocycles. The summed E-state index contributed by atoms with van der Waals surface area (Å²) < 4.78 is 0. The summed E-state index contributed by atoms with van der Waals surface area (Å²) in [6.45, 7) is 5.15. The van der Waals surface area contributed by atoms with E-state index in [1.807, 2.05) is 6.26 Å². The SMILES string of the molecule is CCN1CCCC1CNC(=O)[C@@H](N)CCSC.Cl. The predicted molar refractivity (Wildman–Crippen MR) is 81.5 cm³/mol. The Bertz CT molecular complexity index is 243. The number of hydrogen-bond donors (Lipinski definition) is 2. The van der Waals surface area contributed by atoms with Gasteiger partial charge in [0.1, 0.15) is 0 Å². The van der Waals surface area contributed by atoms with Crippen molar-refractivity contribution in [3.05, 3.63) is 0 Å². The van der Waals surface area contributed by atoms with Crippen LogP contribution in [0, 0.1) is 0 Å². The highest BCUT2D eigenvalue weighted by Crippen LogP contribution is 2.15. The minimum atomic E-state index is -0.348. The summed E-state index contributed by atoms with van der Waals surface area (Å²) in [5.41, 5.74) is 5.82. The van der Waals surface area contributed by atoms with Crippen molar-refractivity contribution in [1.82, 2.24) is 10.2 Å². The minimum absolute atomic E-state index is 0. The van der Waals surface area contributed by atoms with Gasteiger partial charge in [-0.25, -0.2) is 0 Å². The summed E-state index contributed by atoms with van der Waals surface area (Å²) in [5.74, 6) is 0.945. The summed E-state index contributed by atoms with van der Waals surface area (Å²) in [5, 5.41) is 2.98. The number of hydrogen-bond acceptors (Lipinski definition) is 4. The zero-order valence-electron chi connectivity index (χ0n) is 11.4. The third kappa shape index (κ3) is 5.78. The van der Waals surface area contributed by atoms with Crippen molar-refractivity contribution in [2.45, 2.75) is 38.3 Å². The first-order valence-electron chi connectivity index (χ1n) is 6.45. The second-order valence-corrected chi connectivity index (χ2v) is 5.54. The Hall–Kier alpha value is 0.0300. The summed E-state index contributed by atoms with van der Waals surface area (Å²) in [6.07, 6.45) is 5.22. The Kier molecular flexibility index (Phi) is 9.91. The van der Waals surface area contributed by atoms with Gasteiger partial charge >= 0.3 is 0 Å². The standard InChI is InChI=1S/C12H25N3OS.ClH/c1-3-15-7-4-5-10(15)9-14-12(16)11(13)6-8-17-2;/h10-11H,3-9,13H2,1-2H3,(H,14,16);1H/t10?,11-;/m0./s1. The summed E-state index contributed by atoms with van der Waals surface area (Å²) >= 11 is 1.73. The van der Waals surface area contributed by atoms with E-state index in [1.54, 1.807) is 11.8 Å². The fourth-order valence-electron chi connectivity index (χ4n) is 2.27. The van der Waals surface area contributed by atoms with Crippen molar-refractivity contribution in [2.75, 3.05) is 31.6 Å². The lowest BCUT2D eigenvalue weighted by atomic mass is 10.2. The van der Waals surface area contributed by atoms with Crippen LogP contribution in [0.1, 0.15) is 26.2 Å². The molecule has 0 bridgehead atoms. The molecule has 1 aliphatic heterocycles. The Morgan fingerprint density at radius 1 is 1.61 bits per heavy atom. The molecule has 0 spiro atoms. The molecular weight excluding hydrogens is 270 g/mol. The van der Waals surface area contributed by atoms with E-state index in [9.17, 15) is 4.79 Å². The van der Waals surface area contributed by atoms with E-state index in [1.165, 1.54) is 12.8 Å². The van der Waals surface area contributed by atoms with Crippen molar-refractivity contribution in [1.29, 1.82) is 0 Å². The van der Waals surface area contributed by atoms with Crippen LogP contribution in [-0.4, -0.2) is 54.5 Å². The van der Waals surface area contributed by atoms with E-state index in [-0.39, 0.29) is 24.4 Å². The summed E-state index contributed by atoms with van der Waals surface area (Å²) in [7, 11) is 0. The van der Waals surface area contributed by atoms with Gasteiger partial charge in [-0.15, -0.1) is 12.4 Å². The van der Waals surface area contributed by atoms with Crippen LogP contribution < -0.4 is 11.1 Å². The maximum atomic E-state index is 11.7. The quantitative estimate of drug-likeness (QED) is 0.738.